The lowest BCUT2D eigenvalue weighted by Gasteiger charge is -2.19. The van der Waals surface area contributed by atoms with Gasteiger partial charge in [0.05, 0.1) is 6.61 Å². The molecule has 0 fully saturated rings. The Hall–Kier alpha value is -1.35. The molecule has 0 aliphatic heterocycles. The molecule has 0 saturated heterocycles. The molecular weight excluding hydrogens is 164 g/mol. The van der Waals surface area contributed by atoms with Crippen molar-refractivity contribution in [3.05, 3.63) is 36.7 Å². The summed E-state index contributed by atoms with van der Waals surface area (Å²) in [5, 5.41) is 9.04. The summed E-state index contributed by atoms with van der Waals surface area (Å²) in [4.78, 5) is 5.96. The maximum Gasteiger partial charge on any atom is 0.0717 e. The van der Waals surface area contributed by atoms with Crippen LogP contribution in [0.1, 0.15) is 5.56 Å². The fraction of sp³-hybridized carbons (Fsp3) is 0.300. The Morgan fingerprint density at radius 1 is 1.69 bits per heavy atom. The Kier molecular flexibility index (Phi) is 3.46. The summed E-state index contributed by atoms with van der Waals surface area (Å²) in [5.41, 5.74) is 1.84. The van der Waals surface area contributed by atoms with Crippen molar-refractivity contribution in [2.45, 2.75) is 6.61 Å². The van der Waals surface area contributed by atoms with Crippen molar-refractivity contribution < 1.29 is 5.11 Å². The van der Waals surface area contributed by atoms with Crippen molar-refractivity contribution in [2.24, 2.45) is 0 Å². The van der Waals surface area contributed by atoms with E-state index in [0.717, 1.165) is 17.8 Å². The first kappa shape index (κ1) is 9.74. The molecule has 0 radical (unpaired) electrons. The lowest BCUT2D eigenvalue weighted by atomic mass is 10.2. The van der Waals surface area contributed by atoms with Crippen molar-refractivity contribution in [2.75, 3.05) is 18.5 Å². The van der Waals surface area contributed by atoms with E-state index in [1.54, 1.807) is 12.4 Å². The largest absolute Gasteiger partial charge is 0.392 e. The molecule has 0 atom stereocenters. The van der Waals surface area contributed by atoms with Crippen molar-refractivity contribution >= 4 is 5.69 Å². The van der Waals surface area contributed by atoms with Crippen LogP contribution in [0.25, 0.3) is 0 Å². The fourth-order valence-corrected chi connectivity index (χ4v) is 1.21. The van der Waals surface area contributed by atoms with Gasteiger partial charge in [-0.1, -0.05) is 6.08 Å². The van der Waals surface area contributed by atoms with Gasteiger partial charge in [0.25, 0.3) is 0 Å². The number of anilines is 1. The molecule has 0 unspecified atom stereocenters. The van der Waals surface area contributed by atoms with E-state index in [4.69, 9.17) is 5.11 Å². The van der Waals surface area contributed by atoms with Gasteiger partial charge in [-0.15, -0.1) is 6.58 Å². The molecule has 70 valence electrons. The monoisotopic (exact) mass is 178 g/mol. The van der Waals surface area contributed by atoms with Gasteiger partial charge in [0.2, 0.25) is 0 Å². The first-order chi connectivity index (χ1) is 6.29. The standard InChI is InChI=1S/C10H14N2O/c1-3-6-12(2)10-4-5-11-7-9(10)8-13/h3-5,7,13H,1,6,8H2,2H3. The smallest absolute Gasteiger partial charge is 0.0717 e. The third-order valence-electron chi connectivity index (χ3n) is 1.86. The highest BCUT2D eigenvalue weighted by atomic mass is 16.3. The number of hydrogen-bond acceptors (Lipinski definition) is 3. The minimum Gasteiger partial charge on any atom is -0.392 e. The third-order valence-corrected chi connectivity index (χ3v) is 1.86. The van der Waals surface area contributed by atoms with E-state index in [0.29, 0.717) is 0 Å². The van der Waals surface area contributed by atoms with Crippen LogP contribution in [0, 0.1) is 0 Å². The molecule has 13 heavy (non-hydrogen) atoms. The molecule has 3 nitrogen and oxygen atoms in total. The Bertz CT molecular complexity index is 286. The molecule has 1 heterocycles. The van der Waals surface area contributed by atoms with Crippen LogP contribution in [0.5, 0.6) is 0 Å². The SMILES string of the molecule is C=CCN(C)c1ccncc1CO. The van der Waals surface area contributed by atoms with Gasteiger partial charge in [-0.2, -0.15) is 0 Å². The van der Waals surface area contributed by atoms with Crippen molar-refractivity contribution in [3.8, 4) is 0 Å². The highest BCUT2D eigenvalue weighted by molar-refractivity contribution is 5.51. The Labute approximate surface area is 78.3 Å². The highest BCUT2D eigenvalue weighted by Gasteiger charge is 2.04. The third kappa shape index (κ3) is 2.29. The molecule has 1 rings (SSSR count). The van der Waals surface area contributed by atoms with E-state index in [2.05, 4.69) is 11.6 Å². The molecule has 0 amide bonds. The van der Waals surface area contributed by atoms with Crippen LogP contribution < -0.4 is 4.90 Å². The Balaban J connectivity index is 2.91. The van der Waals surface area contributed by atoms with E-state index in [1.165, 1.54) is 0 Å². The molecule has 0 spiro atoms. The summed E-state index contributed by atoms with van der Waals surface area (Å²) in [6, 6.07) is 1.88. The zero-order chi connectivity index (χ0) is 9.68. The number of hydrogen-bond donors (Lipinski definition) is 1. The van der Waals surface area contributed by atoms with Crippen LogP contribution in [-0.4, -0.2) is 23.7 Å². The second-order valence-electron chi connectivity index (χ2n) is 2.83. The van der Waals surface area contributed by atoms with Crippen LogP contribution in [0.2, 0.25) is 0 Å². The number of pyridine rings is 1. The average molecular weight is 178 g/mol. The molecular formula is C10H14N2O. The average Bonchev–Trinajstić information content (AvgIpc) is 2.18. The first-order valence-corrected chi connectivity index (χ1v) is 4.15. The van der Waals surface area contributed by atoms with Gasteiger partial charge >= 0.3 is 0 Å². The molecule has 1 aromatic rings. The number of aliphatic hydroxyl groups is 1. The molecule has 0 aromatic carbocycles. The summed E-state index contributed by atoms with van der Waals surface area (Å²) >= 11 is 0. The lowest BCUT2D eigenvalue weighted by Crippen LogP contribution is -2.18. The van der Waals surface area contributed by atoms with Gasteiger partial charge in [0, 0.05) is 37.2 Å². The zero-order valence-electron chi connectivity index (χ0n) is 7.77. The van der Waals surface area contributed by atoms with Crippen LogP contribution in [-0.2, 0) is 6.61 Å². The van der Waals surface area contributed by atoms with Crippen LogP contribution in [0.3, 0.4) is 0 Å². The minimum absolute atomic E-state index is 0.0185. The van der Waals surface area contributed by atoms with E-state index >= 15 is 0 Å². The number of aromatic nitrogens is 1. The van der Waals surface area contributed by atoms with Gasteiger partial charge in [-0.05, 0) is 6.07 Å². The van der Waals surface area contributed by atoms with E-state index < -0.39 is 0 Å². The number of nitrogens with zero attached hydrogens (tertiary/aromatic N) is 2. The van der Waals surface area contributed by atoms with E-state index in [-0.39, 0.29) is 6.61 Å². The van der Waals surface area contributed by atoms with Crippen LogP contribution >= 0.6 is 0 Å². The predicted octanol–water partition coefficient (Wildman–Crippen LogP) is 1.20. The summed E-state index contributed by atoms with van der Waals surface area (Å²) in [5.74, 6) is 0. The van der Waals surface area contributed by atoms with Gasteiger partial charge in [-0.3, -0.25) is 4.98 Å². The summed E-state index contributed by atoms with van der Waals surface area (Å²) in [6.07, 6.45) is 5.21. The summed E-state index contributed by atoms with van der Waals surface area (Å²) in [6.45, 7) is 4.44. The zero-order valence-corrected chi connectivity index (χ0v) is 7.77. The molecule has 1 aromatic heterocycles. The van der Waals surface area contributed by atoms with Gasteiger partial charge < -0.3 is 10.0 Å². The second-order valence-corrected chi connectivity index (χ2v) is 2.83. The molecule has 3 heteroatoms. The second kappa shape index (κ2) is 4.62. The van der Waals surface area contributed by atoms with Gasteiger partial charge in [-0.25, -0.2) is 0 Å². The Morgan fingerprint density at radius 3 is 3.08 bits per heavy atom. The highest BCUT2D eigenvalue weighted by Crippen LogP contribution is 2.17. The molecule has 0 aliphatic carbocycles. The number of aliphatic hydroxyl groups excluding tert-OH is 1. The molecule has 1 N–H and O–H groups in total. The fourth-order valence-electron chi connectivity index (χ4n) is 1.21. The molecule has 0 aliphatic rings. The maximum absolute atomic E-state index is 9.04. The summed E-state index contributed by atoms with van der Waals surface area (Å²) < 4.78 is 0. The van der Waals surface area contributed by atoms with Crippen molar-refractivity contribution in [1.29, 1.82) is 0 Å². The number of likely N-dealkylation sites (N-methyl/N-ethyl adjacent to an activating group) is 1. The maximum atomic E-state index is 9.04. The van der Waals surface area contributed by atoms with Crippen molar-refractivity contribution in [1.82, 2.24) is 4.98 Å². The van der Waals surface area contributed by atoms with Gasteiger partial charge in [0.15, 0.2) is 0 Å². The molecule has 0 saturated carbocycles. The lowest BCUT2D eigenvalue weighted by molar-refractivity contribution is 0.281. The van der Waals surface area contributed by atoms with Crippen molar-refractivity contribution in [3.63, 3.8) is 0 Å². The summed E-state index contributed by atoms with van der Waals surface area (Å²) in [7, 11) is 1.95. The van der Waals surface area contributed by atoms with Crippen LogP contribution in [0.15, 0.2) is 31.1 Å². The first-order valence-electron chi connectivity index (χ1n) is 4.15. The minimum atomic E-state index is 0.0185. The molecule has 0 bridgehead atoms. The van der Waals surface area contributed by atoms with Gasteiger partial charge in [0.1, 0.15) is 0 Å². The predicted molar refractivity (Wildman–Crippen MR) is 53.6 cm³/mol. The Morgan fingerprint density at radius 2 is 2.46 bits per heavy atom. The van der Waals surface area contributed by atoms with E-state index in [9.17, 15) is 0 Å². The quantitative estimate of drug-likeness (QED) is 0.704. The van der Waals surface area contributed by atoms with Crippen LogP contribution in [0.4, 0.5) is 5.69 Å². The number of rotatable bonds is 4. The topological polar surface area (TPSA) is 36.4 Å². The van der Waals surface area contributed by atoms with E-state index in [1.807, 2.05) is 24.1 Å². The normalized spacial score (nSPS) is 9.69.